The molecule has 1 fully saturated rings. The second kappa shape index (κ2) is 7.69. The maximum atomic E-state index is 5.18. The molecule has 112 valence electrons. The third-order valence-corrected chi connectivity index (χ3v) is 4.29. The van der Waals surface area contributed by atoms with Gasteiger partial charge in [0, 0.05) is 43.8 Å². The third kappa shape index (κ3) is 4.24. The van der Waals surface area contributed by atoms with Crippen molar-refractivity contribution in [3.63, 3.8) is 0 Å². The molecule has 0 aliphatic carbocycles. The molecule has 1 aromatic heterocycles. The van der Waals surface area contributed by atoms with Crippen molar-refractivity contribution in [2.24, 2.45) is 0 Å². The molecule has 1 saturated heterocycles. The standard InChI is InChI=1S/C14H24N4OS/c1-4-5-15-12-8-14(17-13(16-12)10-19-3)18-6-7-20-11(2)9-18/h8,11H,4-7,9-10H2,1-3H3,(H,15,16,17). The maximum Gasteiger partial charge on any atom is 0.158 e. The van der Waals surface area contributed by atoms with Crippen LogP contribution in [0.5, 0.6) is 0 Å². The Morgan fingerprint density at radius 1 is 1.50 bits per heavy atom. The molecule has 1 N–H and O–H groups in total. The van der Waals surface area contributed by atoms with E-state index in [0.29, 0.717) is 11.9 Å². The van der Waals surface area contributed by atoms with Crippen LogP contribution in [0.25, 0.3) is 0 Å². The van der Waals surface area contributed by atoms with E-state index in [9.17, 15) is 0 Å². The van der Waals surface area contributed by atoms with Crippen LogP contribution in [0.3, 0.4) is 0 Å². The van der Waals surface area contributed by atoms with Crippen LogP contribution in [-0.4, -0.2) is 47.7 Å². The smallest absolute Gasteiger partial charge is 0.158 e. The normalized spacial score (nSPS) is 19.1. The third-order valence-electron chi connectivity index (χ3n) is 3.15. The van der Waals surface area contributed by atoms with Crippen molar-refractivity contribution < 1.29 is 4.74 Å². The Balaban J connectivity index is 2.18. The molecule has 0 bridgehead atoms. The van der Waals surface area contributed by atoms with Crippen LogP contribution in [0, 0.1) is 0 Å². The zero-order valence-electron chi connectivity index (χ0n) is 12.6. The lowest BCUT2D eigenvalue weighted by atomic mass is 10.3. The topological polar surface area (TPSA) is 50.3 Å². The Morgan fingerprint density at radius 2 is 2.35 bits per heavy atom. The summed E-state index contributed by atoms with van der Waals surface area (Å²) in [7, 11) is 1.68. The molecule has 1 unspecified atom stereocenters. The molecular weight excluding hydrogens is 272 g/mol. The van der Waals surface area contributed by atoms with Crippen LogP contribution in [-0.2, 0) is 11.3 Å². The number of nitrogens with one attached hydrogen (secondary N) is 1. The molecule has 0 radical (unpaired) electrons. The van der Waals surface area contributed by atoms with Crippen molar-refractivity contribution in [2.45, 2.75) is 32.1 Å². The molecule has 6 heteroatoms. The van der Waals surface area contributed by atoms with Crippen molar-refractivity contribution in [3.8, 4) is 0 Å². The zero-order valence-corrected chi connectivity index (χ0v) is 13.4. The number of ether oxygens (including phenoxy) is 1. The highest BCUT2D eigenvalue weighted by molar-refractivity contribution is 8.00. The maximum absolute atomic E-state index is 5.18. The molecule has 5 nitrogen and oxygen atoms in total. The van der Waals surface area contributed by atoms with Crippen molar-refractivity contribution >= 4 is 23.4 Å². The predicted octanol–water partition coefficient (Wildman–Crippen LogP) is 2.39. The second-order valence-electron chi connectivity index (χ2n) is 5.01. The molecule has 2 rings (SSSR count). The predicted molar refractivity (Wildman–Crippen MR) is 85.7 cm³/mol. The molecule has 0 saturated carbocycles. The molecule has 0 amide bonds. The van der Waals surface area contributed by atoms with Gasteiger partial charge in [-0.1, -0.05) is 13.8 Å². The van der Waals surface area contributed by atoms with Gasteiger partial charge in [-0.05, 0) is 6.42 Å². The van der Waals surface area contributed by atoms with Crippen molar-refractivity contribution in [2.75, 3.05) is 42.7 Å². The quantitative estimate of drug-likeness (QED) is 0.870. The summed E-state index contributed by atoms with van der Waals surface area (Å²) in [6.07, 6.45) is 1.08. The Kier molecular flexibility index (Phi) is 5.91. The Bertz CT molecular complexity index is 430. The van der Waals surface area contributed by atoms with Gasteiger partial charge >= 0.3 is 0 Å². The minimum absolute atomic E-state index is 0.451. The summed E-state index contributed by atoms with van der Waals surface area (Å²) in [5.74, 6) is 3.81. The molecule has 1 aliphatic rings. The van der Waals surface area contributed by atoms with Gasteiger partial charge in [0.2, 0.25) is 0 Å². The molecule has 1 aliphatic heterocycles. The molecule has 1 atom stereocenters. The van der Waals surface area contributed by atoms with Gasteiger partial charge in [-0.3, -0.25) is 0 Å². The van der Waals surface area contributed by atoms with Gasteiger partial charge < -0.3 is 15.0 Å². The highest BCUT2D eigenvalue weighted by Crippen LogP contribution is 2.24. The van der Waals surface area contributed by atoms with Gasteiger partial charge in [0.1, 0.15) is 18.2 Å². The first-order valence-electron chi connectivity index (χ1n) is 7.20. The minimum Gasteiger partial charge on any atom is -0.377 e. The van der Waals surface area contributed by atoms with E-state index < -0.39 is 0 Å². The van der Waals surface area contributed by atoms with Gasteiger partial charge in [0.05, 0.1) is 0 Å². The first-order chi connectivity index (χ1) is 9.72. The average Bonchev–Trinajstić information content (AvgIpc) is 2.45. The second-order valence-corrected chi connectivity index (χ2v) is 6.56. The Morgan fingerprint density at radius 3 is 3.05 bits per heavy atom. The van der Waals surface area contributed by atoms with E-state index in [0.717, 1.165) is 49.3 Å². The highest BCUT2D eigenvalue weighted by Gasteiger charge is 2.19. The lowest BCUT2D eigenvalue weighted by Crippen LogP contribution is -2.37. The number of hydrogen-bond acceptors (Lipinski definition) is 6. The Hall–Kier alpha value is -1.01. The first-order valence-corrected chi connectivity index (χ1v) is 8.25. The summed E-state index contributed by atoms with van der Waals surface area (Å²) in [4.78, 5) is 11.5. The van der Waals surface area contributed by atoms with Crippen molar-refractivity contribution in [3.05, 3.63) is 11.9 Å². The summed E-state index contributed by atoms with van der Waals surface area (Å²) >= 11 is 2.02. The Labute approximate surface area is 125 Å². The summed E-state index contributed by atoms with van der Waals surface area (Å²) < 4.78 is 5.18. The highest BCUT2D eigenvalue weighted by atomic mass is 32.2. The van der Waals surface area contributed by atoms with Gasteiger partial charge in [0.25, 0.3) is 0 Å². The molecular formula is C14H24N4OS. The van der Waals surface area contributed by atoms with Gasteiger partial charge in [0.15, 0.2) is 5.82 Å². The fraction of sp³-hybridized carbons (Fsp3) is 0.714. The number of rotatable bonds is 6. The van der Waals surface area contributed by atoms with E-state index in [1.807, 2.05) is 11.8 Å². The van der Waals surface area contributed by atoms with E-state index in [2.05, 4.69) is 40.1 Å². The molecule has 2 heterocycles. The largest absolute Gasteiger partial charge is 0.377 e. The molecule has 0 spiro atoms. The fourth-order valence-corrected chi connectivity index (χ4v) is 3.22. The minimum atomic E-state index is 0.451. The van der Waals surface area contributed by atoms with Crippen molar-refractivity contribution in [1.29, 1.82) is 0 Å². The van der Waals surface area contributed by atoms with E-state index in [1.54, 1.807) is 7.11 Å². The van der Waals surface area contributed by atoms with E-state index in [-0.39, 0.29) is 0 Å². The van der Waals surface area contributed by atoms with E-state index in [1.165, 1.54) is 0 Å². The van der Waals surface area contributed by atoms with E-state index >= 15 is 0 Å². The average molecular weight is 296 g/mol. The first kappa shape index (κ1) is 15.4. The number of methoxy groups -OCH3 is 1. The summed E-state index contributed by atoms with van der Waals surface area (Å²) in [6, 6.07) is 2.05. The summed E-state index contributed by atoms with van der Waals surface area (Å²) in [5.41, 5.74) is 0. The number of anilines is 2. The van der Waals surface area contributed by atoms with Crippen LogP contribution in [0.1, 0.15) is 26.1 Å². The number of nitrogens with zero attached hydrogens (tertiary/aromatic N) is 3. The van der Waals surface area contributed by atoms with Gasteiger partial charge in [-0.2, -0.15) is 11.8 Å². The lowest BCUT2D eigenvalue weighted by Gasteiger charge is -2.31. The number of hydrogen-bond donors (Lipinski definition) is 1. The summed E-state index contributed by atoms with van der Waals surface area (Å²) in [5, 5.41) is 3.99. The fourth-order valence-electron chi connectivity index (χ4n) is 2.21. The monoisotopic (exact) mass is 296 g/mol. The van der Waals surface area contributed by atoms with Crippen LogP contribution in [0.15, 0.2) is 6.07 Å². The number of aromatic nitrogens is 2. The SMILES string of the molecule is CCCNc1cc(N2CCSC(C)C2)nc(COC)n1. The number of thioether (sulfide) groups is 1. The van der Waals surface area contributed by atoms with Gasteiger partial charge in [-0.15, -0.1) is 0 Å². The van der Waals surface area contributed by atoms with Crippen LogP contribution >= 0.6 is 11.8 Å². The van der Waals surface area contributed by atoms with Crippen LogP contribution in [0.4, 0.5) is 11.6 Å². The van der Waals surface area contributed by atoms with Gasteiger partial charge in [-0.25, -0.2) is 9.97 Å². The zero-order chi connectivity index (χ0) is 14.4. The van der Waals surface area contributed by atoms with Crippen molar-refractivity contribution in [1.82, 2.24) is 9.97 Å². The summed E-state index contributed by atoms with van der Waals surface area (Å²) in [6.45, 7) is 7.88. The van der Waals surface area contributed by atoms with Crippen LogP contribution < -0.4 is 10.2 Å². The molecule has 0 aromatic carbocycles. The lowest BCUT2D eigenvalue weighted by molar-refractivity contribution is 0.178. The molecule has 1 aromatic rings. The van der Waals surface area contributed by atoms with E-state index in [4.69, 9.17) is 4.74 Å². The van der Waals surface area contributed by atoms with Crippen LogP contribution in [0.2, 0.25) is 0 Å². The molecule has 20 heavy (non-hydrogen) atoms.